The Hall–Kier alpha value is -0.940. The van der Waals surface area contributed by atoms with E-state index in [1.807, 2.05) is 13.2 Å². The quantitative estimate of drug-likeness (QED) is 0.894. The summed E-state index contributed by atoms with van der Waals surface area (Å²) in [5, 5.41) is 12.2. The van der Waals surface area contributed by atoms with Gasteiger partial charge in [0.15, 0.2) is 0 Å². The van der Waals surface area contributed by atoms with Crippen molar-refractivity contribution in [1.82, 2.24) is 25.2 Å². The van der Waals surface area contributed by atoms with E-state index >= 15 is 0 Å². The lowest BCUT2D eigenvalue weighted by Crippen LogP contribution is -2.68. The lowest BCUT2D eigenvalue weighted by atomic mass is 9.77. The molecule has 5 heteroatoms. The van der Waals surface area contributed by atoms with Crippen molar-refractivity contribution in [3.05, 3.63) is 11.9 Å². The number of aromatic nitrogens is 3. The number of rotatable bonds is 2. The second-order valence-electron chi connectivity index (χ2n) is 7.25. The van der Waals surface area contributed by atoms with Crippen molar-refractivity contribution < 1.29 is 0 Å². The Morgan fingerprint density at radius 1 is 1.25 bits per heavy atom. The molecule has 2 aliphatic rings. The predicted octanol–water partition coefficient (Wildman–Crippen LogP) is 1.70. The molecule has 1 aliphatic carbocycles. The van der Waals surface area contributed by atoms with Gasteiger partial charge >= 0.3 is 0 Å². The molecule has 0 unspecified atom stereocenters. The molecule has 20 heavy (non-hydrogen) atoms. The van der Waals surface area contributed by atoms with E-state index < -0.39 is 0 Å². The molecule has 1 N–H and O–H groups in total. The van der Waals surface area contributed by atoms with Crippen molar-refractivity contribution in [2.75, 3.05) is 13.1 Å². The van der Waals surface area contributed by atoms with Crippen molar-refractivity contribution in [2.45, 2.75) is 63.6 Å². The van der Waals surface area contributed by atoms with E-state index in [-0.39, 0.29) is 5.54 Å². The van der Waals surface area contributed by atoms with Gasteiger partial charge in [-0.05, 0) is 26.7 Å². The molecule has 1 saturated heterocycles. The van der Waals surface area contributed by atoms with Crippen LogP contribution in [0.5, 0.6) is 0 Å². The zero-order valence-electron chi connectivity index (χ0n) is 13.0. The molecule has 0 aromatic carbocycles. The number of hydrogen-bond donors (Lipinski definition) is 1. The molecular weight excluding hydrogens is 250 g/mol. The van der Waals surface area contributed by atoms with E-state index in [9.17, 15) is 0 Å². The molecule has 5 nitrogen and oxygen atoms in total. The molecule has 1 saturated carbocycles. The topological polar surface area (TPSA) is 46.0 Å². The molecule has 1 spiro atoms. The lowest BCUT2D eigenvalue weighted by Gasteiger charge is -2.53. The Morgan fingerprint density at radius 3 is 2.65 bits per heavy atom. The Morgan fingerprint density at radius 2 is 2.00 bits per heavy atom. The monoisotopic (exact) mass is 277 g/mol. The lowest BCUT2D eigenvalue weighted by molar-refractivity contribution is 0.00404. The van der Waals surface area contributed by atoms with E-state index in [1.165, 1.54) is 32.1 Å². The summed E-state index contributed by atoms with van der Waals surface area (Å²) in [5.74, 6) is 0. The Bertz CT molecular complexity index is 459. The minimum atomic E-state index is 0.181. The molecule has 1 aliphatic heterocycles. The van der Waals surface area contributed by atoms with Gasteiger partial charge in [0.05, 0.1) is 5.69 Å². The highest BCUT2D eigenvalue weighted by Crippen LogP contribution is 2.35. The molecule has 2 fully saturated rings. The Kier molecular flexibility index (Phi) is 3.58. The van der Waals surface area contributed by atoms with Gasteiger partial charge in [-0.3, -0.25) is 9.58 Å². The first kappa shape index (κ1) is 14.0. The Balaban J connectivity index is 1.75. The van der Waals surface area contributed by atoms with Gasteiger partial charge < -0.3 is 5.32 Å². The summed E-state index contributed by atoms with van der Waals surface area (Å²) in [6, 6.07) is 0. The van der Waals surface area contributed by atoms with Crippen LogP contribution < -0.4 is 5.32 Å². The van der Waals surface area contributed by atoms with Crippen LogP contribution in [0, 0.1) is 0 Å². The average Bonchev–Trinajstić information content (AvgIpc) is 2.82. The van der Waals surface area contributed by atoms with Crippen molar-refractivity contribution in [1.29, 1.82) is 0 Å². The summed E-state index contributed by atoms with van der Waals surface area (Å²) in [4.78, 5) is 2.60. The number of piperazine rings is 1. The molecule has 3 rings (SSSR count). The van der Waals surface area contributed by atoms with Gasteiger partial charge in [0.1, 0.15) is 0 Å². The van der Waals surface area contributed by atoms with Crippen LogP contribution in [-0.4, -0.2) is 44.1 Å². The van der Waals surface area contributed by atoms with E-state index in [1.54, 1.807) is 4.68 Å². The zero-order chi connectivity index (χ0) is 14.2. The van der Waals surface area contributed by atoms with Crippen molar-refractivity contribution in [3.63, 3.8) is 0 Å². The number of nitrogens with one attached hydrogen (secondary N) is 1. The summed E-state index contributed by atoms with van der Waals surface area (Å²) in [7, 11) is 1.93. The predicted molar refractivity (Wildman–Crippen MR) is 79.3 cm³/mol. The minimum Gasteiger partial charge on any atom is -0.308 e. The molecular formula is C15H27N5. The maximum atomic E-state index is 4.26. The van der Waals surface area contributed by atoms with E-state index in [2.05, 4.69) is 34.4 Å². The third kappa shape index (κ3) is 2.74. The molecule has 0 radical (unpaired) electrons. The van der Waals surface area contributed by atoms with E-state index in [0.29, 0.717) is 5.54 Å². The molecule has 1 aromatic heterocycles. The largest absolute Gasteiger partial charge is 0.308 e. The van der Waals surface area contributed by atoms with Gasteiger partial charge in [0.2, 0.25) is 0 Å². The van der Waals surface area contributed by atoms with Crippen LogP contribution in [0.15, 0.2) is 6.20 Å². The second kappa shape index (κ2) is 5.11. The molecule has 2 heterocycles. The van der Waals surface area contributed by atoms with Gasteiger partial charge in [0, 0.05) is 44.0 Å². The van der Waals surface area contributed by atoms with Gasteiger partial charge in [-0.25, -0.2) is 0 Å². The summed E-state index contributed by atoms with van der Waals surface area (Å²) >= 11 is 0. The molecule has 0 atom stereocenters. The van der Waals surface area contributed by atoms with Gasteiger partial charge in [0.25, 0.3) is 0 Å². The van der Waals surface area contributed by atoms with E-state index in [0.717, 1.165) is 25.3 Å². The standard InChI is InChI=1S/C15H27N5/c1-14(2)11-16-15(7-5-4-6-8-15)12-20(14)10-13-9-19(3)18-17-13/h9,16H,4-8,10-12H2,1-3H3. The van der Waals surface area contributed by atoms with Crippen LogP contribution in [0.3, 0.4) is 0 Å². The van der Waals surface area contributed by atoms with Crippen molar-refractivity contribution in [3.8, 4) is 0 Å². The molecule has 112 valence electrons. The van der Waals surface area contributed by atoms with E-state index in [4.69, 9.17) is 0 Å². The number of aryl methyl sites for hydroxylation is 1. The van der Waals surface area contributed by atoms with Crippen LogP contribution in [-0.2, 0) is 13.6 Å². The first-order valence-electron chi connectivity index (χ1n) is 7.85. The van der Waals surface area contributed by atoms with Crippen LogP contribution >= 0.6 is 0 Å². The third-order valence-corrected chi connectivity index (χ3v) is 5.06. The SMILES string of the molecule is Cn1cc(CN2CC3(CCCCC3)NCC2(C)C)nn1. The highest BCUT2D eigenvalue weighted by Gasteiger charge is 2.43. The summed E-state index contributed by atoms with van der Waals surface area (Å²) in [6.45, 7) is 7.76. The molecule has 0 bridgehead atoms. The highest BCUT2D eigenvalue weighted by atomic mass is 15.4. The maximum absolute atomic E-state index is 4.26. The molecule has 0 amide bonds. The van der Waals surface area contributed by atoms with Gasteiger partial charge in [-0.2, -0.15) is 0 Å². The normalized spacial score (nSPS) is 25.9. The fourth-order valence-electron chi connectivity index (χ4n) is 3.65. The first-order chi connectivity index (χ1) is 9.49. The van der Waals surface area contributed by atoms with Gasteiger partial charge in [-0.15, -0.1) is 5.10 Å². The second-order valence-corrected chi connectivity index (χ2v) is 7.25. The van der Waals surface area contributed by atoms with Crippen LogP contribution in [0.2, 0.25) is 0 Å². The molecule has 1 aromatic rings. The first-order valence-corrected chi connectivity index (χ1v) is 7.85. The van der Waals surface area contributed by atoms with Crippen molar-refractivity contribution in [2.24, 2.45) is 7.05 Å². The summed E-state index contributed by atoms with van der Waals surface area (Å²) < 4.78 is 1.79. The minimum absolute atomic E-state index is 0.181. The maximum Gasteiger partial charge on any atom is 0.0967 e. The zero-order valence-corrected chi connectivity index (χ0v) is 13.0. The van der Waals surface area contributed by atoms with Crippen LogP contribution in [0.4, 0.5) is 0 Å². The number of nitrogens with zero attached hydrogens (tertiary/aromatic N) is 4. The van der Waals surface area contributed by atoms with Crippen LogP contribution in [0.25, 0.3) is 0 Å². The smallest absolute Gasteiger partial charge is 0.0967 e. The van der Waals surface area contributed by atoms with Crippen molar-refractivity contribution >= 4 is 0 Å². The summed E-state index contributed by atoms with van der Waals surface area (Å²) in [5.41, 5.74) is 1.60. The fraction of sp³-hybridized carbons (Fsp3) is 0.867. The number of hydrogen-bond acceptors (Lipinski definition) is 4. The van der Waals surface area contributed by atoms with Crippen LogP contribution in [0.1, 0.15) is 51.6 Å². The third-order valence-electron chi connectivity index (χ3n) is 5.06. The summed E-state index contributed by atoms with van der Waals surface area (Å²) in [6.07, 6.45) is 8.81. The van der Waals surface area contributed by atoms with Gasteiger partial charge in [-0.1, -0.05) is 24.5 Å². The average molecular weight is 277 g/mol. The Labute approximate surface area is 121 Å². The fourth-order valence-corrected chi connectivity index (χ4v) is 3.65. The highest BCUT2D eigenvalue weighted by molar-refractivity contribution is 5.05.